The Balaban J connectivity index is 1.60. The SMILES string of the molecule is COC[C@@H]1CCCN1C(=O)c1cc2c(cc1F)OC(c1ccc(F)cc1F)(c1ccc(F)cc1F)O2. The van der Waals surface area contributed by atoms with Crippen LogP contribution in [0.1, 0.15) is 34.3 Å². The molecule has 1 atom stereocenters. The lowest BCUT2D eigenvalue weighted by Crippen LogP contribution is -2.39. The fourth-order valence-electron chi connectivity index (χ4n) is 4.69. The summed E-state index contributed by atoms with van der Waals surface area (Å²) < 4.78 is 89.1. The molecule has 10 heteroatoms. The number of likely N-dealkylation sites (tertiary alicyclic amines) is 1. The minimum atomic E-state index is -2.38. The standard InChI is InChI=1S/C26H20F5NO4/c1-34-13-16-3-2-8-32(16)25(33)17-11-23-24(12-20(17)29)36-26(35-23,18-6-4-14(27)9-21(18)30)19-7-5-15(28)10-22(19)31/h4-7,9-12,16H,2-3,8,13H2,1H3/t16-/m0/s1. The molecule has 5 rings (SSSR count). The van der Waals surface area contributed by atoms with Crippen LogP contribution in [0.25, 0.3) is 0 Å². The number of hydrogen-bond acceptors (Lipinski definition) is 4. The number of hydrogen-bond donors (Lipinski definition) is 0. The number of benzene rings is 3. The lowest BCUT2D eigenvalue weighted by Gasteiger charge is -2.29. The zero-order chi connectivity index (χ0) is 25.6. The molecular formula is C26H20F5NO4. The molecule has 3 aromatic carbocycles. The number of amides is 1. The Labute approximate surface area is 203 Å². The van der Waals surface area contributed by atoms with E-state index < -0.39 is 51.9 Å². The molecule has 0 N–H and O–H groups in total. The van der Waals surface area contributed by atoms with Crippen LogP contribution in [0.4, 0.5) is 22.0 Å². The summed E-state index contributed by atoms with van der Waals surface area (Å²) in [5.41, 5.74) is -1.19. The summed E-state index contributed by atoms with van der Waals surface area (Å²) in [5, 5.41) is 0. The van der Waals surface area contributed by atoms with Crippen molar-refractivity contribution in [2.24, 2.45) is 0 Å². The number of carbonyl (C=O) groups is 1. The Morgan fingerprint density at radius 2 is 1.50 bits per heavy atom. The highest BCUT2D eigenvalue weighted by Gasteiger charge is 2.50. The second kappa shape index (κ2) is 9.09. The van der Waals surface area contributed by atoms with Gasteiger partial charge in [0.15, 0.2) is 11.5 Å². The molecule has 2 aliphatic heterocycles. The number of fused-ring (bicyclic) bond motifs is 1. The number of methoxy groups -OCH3 is 1. The van der Waals surface area contributed by atoms with Crippen molar-refractivity contribution in [3.05, 3.63) is 94.3 Å². The highest BCUT2D eigenvalue weighted by atomic mass is 19.1. The van der Waals surface area contributed by atoms with Gasteiger partial charge < -0.3 is 19.1 Å². The number of rotatable bonds is 5. The molecule has 2 aliphatic rings. The van der Waals surface area contributed by atoms with Crippen molar-refractivity contribution in [1.29, 1.82) is 0 Å². The van der Waals surface area contributed by atoms with E-state index in [2.05, 4.69) is 0 Å². The van der Waals surface area contributed by atoms with E-state index in [-0.39, 0.29) is 29.7 Å². The van der Waals surface area contributed by atoms with Crippen LogP contribution >= 0.6 is 0 Å². The Kier molecular flexibility index (Phi) is 6.07. The summed E-state index contributed by atoms with van der Waals surface area (Å²) in [5.74, 6) is -8.41. The third-order valence-electron chi connectivity index (χ3n) is 6.34. The van der Waals surface area contributed by atoms with E-state index in [1.807, 2.05) is 0 Å². The Morgan fingerprint density at radius 1 is 0.917 bits per heavy atom. The average molecular weight is 505 g/mol. The van der Waals surface area contributed by atoms with E-state index in [1.54, 1.807) is 0 Å². The van der Waals surface area contributed by atoms with Gasteiger partial charge in [-0.05, 0) is 43.2 Å². The van der Waals surface area contributed by atoms with Gasteiger partial charge >= 0.3 is 5.79 Å². The van der Waals surface area contributed by atoms with Crippen molar-refractivity contribution in [1.82, 2.24) is 4.90 Å². The molecule has 1 fully saturated rings. The summed E-state index contributed by atoms with van der Waals surface area (Å²) in [6, 6.07) is 6.65. The molecule has 36 heavy (non-hydrogen) atoms. The van der Waals surface area contributed by atoms with Gasteiger partial charge in [-0.3, -0.25) is 4.79 Å². The Bertz CT molecular complexity index is 1300. The van der Waals surface area contributed by atoms with Crippen molar-refractivity contribution < 1.29 is 41.0 Å². The van der Waals surface area contributed by atoms with Gasteiger partial charge in [-0.25, -0.2) is 22.0 Å². The maximum atomic E-state index is 15.1. The van der Waals surface area contributed by atoms with Crippen molar-refractivity contribution >= 4 is 5.91 Å². The molecule has 0 unspecified atom stereocenters. The lowest BCUT2D eigenvalue weighted by molar-refractivity contribution is -0.0516. The predicted molar refractivity (Wildman–Crippen MR) is 117 cm³/mol. The molecule has 5 nitrogen and oxygen atoms in total. The molecule has 3 aromatic rings. The monoisotopic (exact) mass is 505 g/mol. The molecule has 0 bridgehead atoms. The van der Waals surface area contributed by atoms with Crippen LogP contribution in [0.3, 0.4) is 0 Å². The van der Waals surface area contributed by atoms with Gasteiger partial charge in [0.2, 0.25) is 0 Å². The molecule has 0 aromatic heterocycles. The summed E-state index contributed by atoms with van der Waals surface area (Å²) in [4.78, 5) is 14.7. The van der Waals surface area contributed by atoms with Crippen molar-refractivity contribution in [3.8, 4) is 11.5 Å². The van der Waals surface area contributed by atoms with Crippen LogP contribution in [-0.2, 0) is 10.5 Å². The first-order valence-electron chi connectivity index (χ1n) is 11.2. The summed E-state index contributed by atoms with van der Waals surface area (Å²) in [6.07, 6.45) is 1.42. The molecule has 0 spiro atoms. The number of nitrogens with zero attached hydrogens (tertiary/aromatic N) is 1. The zero-order valence-electron chi connectivity index (χ0n) is 19.0. The molecule has 1 amide bonds. The predicted octanol–water partition coefficient (Wildman–Crippen LogP) is 5.31. The third kappa shape index (κ3) is 3.95. The van der Waals surface area contributed by atoms with Crippen LogP contribution in [-0.4, -0.2) is 37.1 Å². The van der Waals surface area contributed by atoms with Crippen molar-refractivity contribution in [2.45, 2.75) is 24.7 Å². The van der Waals surface area contributed by atoms with Crippen molar-refractivity contribution in [2.75, 3.05) is 20.3 Å². The molecule has 0 saturated carbocycles. The number of halogens is 5. The Morgan fingerprint density at radius 3 is 2.06 bits per heavy atom. The maximum Gasteiger partial charge on any atom is 0.311 e. The second-order valence-corrected chi connectivity index (χ2v) is 8.60. The molecule has 2 heterocycles. The number of ether oxygens (including phenoxy) is 3. The minimum Gasteiger partial charge on any atom is -0.440 e. The highest BCUT2D eigenvalue weighted by molar-refractivity contribution is 5.95. The van der Waals surface area contributed by atoms with Gasteiger partial charge in [0, 0.05) is 31.9 Å². The van der Waals surface area contributed by atoms with Gasteiger partial charge in [0.1, 0.15) is 29.1 Å². The van der Waals surface area contributed by atoms with E-state index in [4.69, 9.17) is 14.2 Å². The first-order chi connectivity index (χ1) is 17.2. The summed E-state index contributed by atoms with van der Waals surface area (Å²) in [6.45, 7) is 0.695. The van der Waals surface area contributed by atoms with Crippen molar-refractivity contribution in [3.63, 3.8) is 0 Å². The fourth-order valence-corrected chi connectivity index (χ4v) is 4.69. The van der Waals surface area contributed by atoms with Gasteiger partial charge in [-0.15, -0.1) is 0 Å². The summed E-state index contributed by atoms with van der Waals surface area (Å²) in [7, 11) is 1.50. The maximum absolute atomic E-state index is 15.1. The third-order valence-corrected chi connectivity index (χ3v) is 6.34. The fraction of sp³-hybridized carbons (Fsp3) is 0.269. The van der Waals surface area contributed by atoms with Crippen LogP contribution in [0.15, 0.2) is 48.5 Å². The summed E-state index contributed by atoms with van der Waals surface area (Å²) >= 11 is 0. The van der Waals surface area contributed by atoms with Crippen LogP contribution in [0.5, 0.6) is 11.5 Å². The lowest BCUT2D eigenvalue weighted by atomic mass is 9.96. The van der Waals surface area contributed by atoms with E-state index in [0.717, 1.165) is 42.8 Å². The largest absolute Gasteiger partial charge is 0.440 e. The van der Waals surface area contributed by atoms with E-state index >= 15 is 4.39 Å². The van der Waals surface area contributed by atoms with Gasteiger partial charge in [0.05, 0.1) is 29.3 Å². The van der Waals surface area contributed by atoms with Gasteiger partial charge in [-0.1, -0.05) is 0 Å². The molecule has 188 valence electrons. The second-order valence-electron chi connectivity index (χ2n) is 8.60. The van der Waals surface area contributed by atoms with Crippen LogP contribution in [0, 0.1) is 29.1 Å². The molecule has 1 saturated heterocycles. The highest BCUT2D eigenvalue weighted by Crippen LogP contribution is 2.50. The topological polar surface area (TPSA) is 48.0 Å². The minimum absolute atomic E-state index is 0.172. The van der Waals surface area contributed by atoms with Crippen LogP contribution < -0.4 is 9.47 Å². The molecule has 0 aliphatic carbocycles. The van der Waals surface area contributed by atoms with E-state index in [0.29, 0.717) is 25.1 Å². The normalized spacial score (nSPS) is 18.1. The smallest absolute Gasteiger partial charge is 0.311 e. The quantitative estimate of drug-likeness (QED) is 0.442. The van der Waals surface area contributed by atoms with Gasteiger partial charge in [-0.2, -0.15) is 0 Å². The Hall–Kier alpha value is -3.66. The average Bonchev–Trinajstić information content (AvgIpc) is 3.43. The molecule has 0 radical (unpaired) electrons. The zero-order valence-corrected chi connectivity index (χ0v) is 19.0. The first-order valence-corrected chi connectivity index (χ1v) is 11.2. The molecular weight excluding hydrogens is 485 g/mol. The van der Waals surface area contributed by atoms with Crippen LogP contribution in [0.2, 0.25) is 0 Å². The number of carbonyl (C=O) groups excluding carboxylic acids is 1. The van der Waals surface area contributed by atoms with Gasteiger partial charge in [0.25, 0.3) is 5.91 Å². The van der Waals surface area contributed by atoms with E-state index in [1.165, 1.54) is 12.0 Å². The first kappa shape index (κ1) is 24.1. The van der Waals surface area contributed by atoms with E-state index in [9.17, 15) is 22.4 Å².